The third kappa shape index (κ3) is 7.43. The summed E-state index contributed by atoms with van der Waals surface area (Å²) in [7, 11) is 4.89. The summed E-state index contributed by atoms with van der Waals surface area (Å²) in [6.07, 6.45) is -0.511. The van der Waals surface area contributed by atoms with Gasteiger partial charge in [-0.3, -0.25) is 9.80 Å². The molecule has 1 aliphatic rings. The molecule has 0 bridgehead atoms. The highest BCUT2D eigenvalue weighted by atomic mass is 35.5. The molecule has 0 spiro atoms. The van der Waals surface area contributed by atoms with Crippen molar-refractivity contribution in [2.24, 2.45) is 0 Å². The summed E-state index contributed by atoms with van der Waals surface area (Å²) in [5, 5.41) is 10.3. The minimum Gasteiger partial charge on any atom is -0.493 e. The molecule has 1 heterocycles. The van der Waals surface area contributed by atoms with Crippen molar-refractivity contribution in [3.63, 3.8) is 0 Å². The van der Waals surface area contributed by atoms with Gasteiger partial charge < -0.3 is 29.5 Å². The molecule has 0 aromatic heterocycles. The number of piperazine rings is 1. The maximum atomic E-state index is 10.3. The van der Waals surface area contributed by atoms with Crippen LogP contribution in [0.1, 0.15) is 5.56 Å². The van der Waals surface area contributed by atoms with Gasteiger partial charge in [0.1, 0.15) is 18.5 Å². The summed E-state index contributed by atoms with van der Waals surface area (Å²) >= 11 is 0. The number of rotatable bonds is 10. The lowest BCUT2D eigenvalue weighted by Crippen LogP contribution is -2.48. The molecule has 1 unspecified atom stereocenters. The highest BCUT2D eigenvalue weighted by molar-refractivity contribution is 5.85. The van der Waals surface area contributed by atoms with Crippen LogP contribution in [0, 0.1) is 0 Å². The fraction of sp³-hybridized carbons (Fsp3) is 0.478. The van der Waals surface area contributed by atoms with Gasteiger partial charge in [0.15, 0.2) is 11.5 Å². The van der Waals surface area contributed by atoms with Crippen LogP contribution in [0.2, 0.25) is 0 Å². The summed E-state index contributed by atoms with van der Waals surface area (Å²) in [6.45, 7) is 5.33. The lowest BCUT2D eigenvalue weighted by Gasteiger charge is -2.35. The lowest BCUT2D eigenvalue weighted by molar-refractivity contribution is 0.0445. The van der Waals surface area contributed by atoms with Gasteiger partial charge in [-0.25, -0.2) is 0 Å². The Balaban J connectivity index is 0.00000256. The molecule has 0 aliphatic carbocycles. The van der Waals surface area contributed by atoms with Gasteiger partial charge in [-0.2, -0.15) is 0 Å². The lowest BCUT2D eigenvalue weighted by atomic mass is 10.1. The summed E-state index contributed by atoms with van der Waals surface area (Å²) < 4.78 is 22.1. The molecule has 0 saturated carbocycles. The first kappa shape index (κ1) is 27.8. The highest BCUT2D eigenvalue weighted by Gasteiger charge is 2.22. The van der Waals surface area contributed by atoms with Gasteiger partial charge in [-0.1, -0.05) is 24.3 Å². The van der Waals surface area contributed by atoms with E-state index in [9.17, 15) is 5.11 Å². The topological polar surface area (TPSA) is 95.1 Å². The number of benzene rings is 2. The average molecular weight is 471 g/mol. The van der Waals surface area contributed by atoms with Crippen LogP contribution in [0.15, 0.2) is 42.5 Å². The number of aliphatic hydroxyl groups is 1. The predicted octanol–water partition coefficient (Wildman–Crippen LogP) is 1.87. The monoisotopic (exact) mass is 470 g/mol. The second-order valence-electron chi connectivity index (χ2n) is 7.35. The van der Waals surface area contributed by atoms with Crippen LogP contribution < -0.4 is 18.9 Å². The maximum Gasteiger partial charge on any atom is 0.203 e. The van der Waals surface area contributed by atoms with Crippen LogP contribution in [0.5, 0.6) is 23.0 Å². The van der Waals surface area contributed by atoms with Gasteiger partial charge in [-0.15, -0.1) is 12.4 Å². The van der Waals surface area contributed by atoms with Crippen molar-refractivity contribution in [1.29, 1.82) is 0 Å². The van der Waals surface area contributed by atoms with Crippen LogP contribution in [0.3, 0.4) is 0 Å². The first-order valence-corrected chi connectivity index (χ1v) is 10.2. The second kappa shape index (κ2) is 14.0. The quantitative estimate of drug-likeness (QED) is 0.566. The van der Waals surface area contributed by atoms with E-state index in [0.717, 1.165) is 44.0 Å². The van der Waals surface area contributed by atoms with Gasteiger partial charge >= 0.3 is 0 Å². The van der Waals surface area contributed by atoms with E-state index < -0.39 is 6.10 Å². The van der Waals surface area contributed by atoms with E-state index in [1.165, 1.54) is 0 Å². The van der Waals surface area contributed by atoms with Crippen molar-refractivity contribution in [1.82, 2.24) is 9.80 Å². The van der Waals surface area contributed by atoms with Gasteiger partial charge in [0.05, 0.1) is 21.3 Å². The van der Waals surface area contributed by atoms with E-state index in [-0.39, 0.29) is 17.9 Å². The molecule has 0 radical (unpaired) electrons. The standard InChI is InChI=1S/C23H32N2O5.ClH.H2O/c1-27-21-10-9-18(22(28-2)23(21)29-3)15-24-11-13-25(14-12-24)16-19(26)17-30-20-7-5-4-6-8-20;;/h4-10,19,26H,11-17H2,1-3H3;1H;1H2. The van der Waals surface area contributed by atoms with Crippen molar-refractivity contribution in [3.8, 4) is 23.0 Å². The zero-order valence-electron chi connectivity index (χ0n) is 19.0. The Hall–Kier alpha value is -2.23. The summed E-state index contributed by atoms with van der Waals surface area (Å²) in [5.41, 5.74) is 1.07. The van der Waals surface area contributed by atoms with E-state index in [1.54, 1.807) is 21.3 Å². The Labute approximate surface area is 196 Å². The number of halogens is 1. The number of hydrogen-bond acceptors (Lipinski definition) is 7. The fourth-order valence-electron chi connectivity index (χ4n) is 3.72. The van der Waals surface area contributed by atoms with E-state index in [2.05, 4.69) is 9.80 Å². The Morgan fingerprint density at radius 1 is 0.844 bits per heavy atom. The Kier molecular flexibility index (Phi) is 12.2. The van der Waals surface area contributed by atoms with Crippen LogP contribution >= 0.6 is 12.4 Å². The molecule has 9 heteroatoms. The molecule has 0 amide bonds. The van der Waals surface area contributed by atoms with E-state index in [4.69, 9.17) is 18.9 Å². The minimum atomic E-state index is -0.511. The van der Waals surface area contributed by atoms with Crippen LogP contribution in [-0.4, -0.2) is 87.1 Å². The minimum absolute atomic E-state index is 0. The summed E-state index contributed by atoms with van der Waals surface area (Å²) in [6, 6.07) is 13.5. The molecule has 2 aromatic rings. The SMILES string of the molecule is COc1ccc(CN2CCN(CC(O)COc3ccccc3)CC2)c(OC)c1OC.Cl.O. The van der Waals surface area contributed by atoms with E-state index in [1.807, 2.05) is 42.5 Å². The Morgan fingerprint density at radius 2 is 1.47 bits per heavy atom. The molecular weight excluding hydrogens is 436 g/mol. The molecule has 3 N–H and O–H groups in total. The highest BCUT2D eigenvalue weighted by Crippen LogP contribution is 2.40. The van der Waals surface area contributed by atoms with Crippen LogP contribution in [-0.2, 0) is 6.54 Å². The van der Waals surface area contributed by atoms with Crippen molar-refractivity contribution in [2.45, 2.75) is 12.6 Å². The van der Waals surface area contributed by atoms with Gasteiger partial charge in [0.25, 0.3) is 0 Å². The molecule has 32 heavy (non-hydrogen) atoms. The molecule has 2 aromatic carbocycles. The fourth-order valence-corrected chi connectivity index (χ4v) is 3.72. The van der Waals surface area contributed by atoms with Crippen molar-refractivity contribution in [2.75, 3.05) is 60.7 Å². The second-order valence-corrected chi connectivity index (χ2v) is 7.35. The molecule has 8 nitrogen and oxygen atoms in total. The third-order valence-corrected chi connectivity index (χ3v) is 5.30. The number of para-hydroxylation sites is 1. The number of hydrogen-bond donors (Lipinski definition) is 1. The molecular formula is C23H35ClN2O6. The first-order chi connectivity index (χ1) is 14.6. The number of β-amino-alcohol motifs (C(OH)–C–C–N with tert-alkyl or cyclic N) is 1. The van der Waals surface area contributed by atoms with Crippen LogP contribution in [0.4, 0.5) is 0 Å². The predicted molar refractivity (Wildman–Crippen MR) is 127 cm³/mol. The molecule has 1 fully saturated rings. The maximum absolute atomic E-state index is 10.3. The van der Waals surface area contributed by atoms with Crippen molar-refractivity contribution >= 4 is 12.4 Å². The number of nitrogens with zero attached hydrogens (tertiary/aromatic N) is 2. The Bertz CT molecular complexity index is 788. The largest absolute Gasteiger partial charge is 0.493 e. The number of ether oxygens (including phenoxy) is 4. The Morgan fingerprint density at radius 3 is 2.06 bits per heavy atom. The average Bonchev–Trinajstić information content (AvgIpc) is 2.79. The van der Waals surface area contributed by atoms with Gasteiger partial charge in [0, 0.05) is 44.8 Å². The summed E-state index contributed by atoms with van der Waals surface area (Å²) in [4.78, 5) is 4.66. The molecule has 1 saturated heterocycles. The molecule has 180 valence electrons. The van der Waals surface area contributed by atoms with Crippen LogP contribution in [0.25, 0.3) is 0 Å². The molecule has 3 rings (SSSR count). The summed E-state index contributed by atoms with van der Waals surface area (Å²) in [5.74, 6) is 2.78. The van der Waals surface area contributed by atoms with Gasteiger partial charge in [0.2, 0.25) is 5.75 Å². The van der Waals surface area contributed by atoms with E-state index >= 15 is 0 Å². The van der Waals surface area contributed by atoms with E-state index in [0.29, 0.717) is 30.4 Å². The zero-order chi connectivity index (χ0) is 21.3. The first-order valence-electron chi connectivity index (χ1n) is 10.2. The number of aliphatic hydroxyl groups excluding tert-OH is 1. The van der Waals surface area contributed by atoms with Crippen molar-refractivity contribution < 1.29 is 29.5 Å². The molecule has 1 aliphatic heterocycles. The smallest absolute Gasteiger partial charge is 0.203 e. The number of methoxy groups -OCH3 is 3. The van der Waals surface area contributed by atoms with Crippen molar-refractivity contribution in [3.05, 3.63) is 48.0 Å². The molecule has 1 atom stereocenters. The zero-order valence-corrected chi connectivity index (χ0v) is 19.8. The normalized spacial score (nSPS) is 15.1. The van der Waals surface area contributed by atoms with Gasteiger partial charge in [-0.05, 0) is 18.2 Å². The third-order valence-electron chi connectivity index (χ3n) is 5.30.